The van der Waals surface area contributed by atoms with E-state index in [9.17, 15) is 18.8 Å². The SMILES string of the molecule is CCCCC(C(=O)NCCC(C)C)N(C(=O)c1snc(C(N)=O)c1N)c1ccc(F)cc1. The predicted octanol–water partition coefficient (Wildman–Crippen LogP) is 3.33. The molecule has 0 radical (unpaired) electrons. The standard InChI is InChI=1S/C22H30FN5O3S/c1-4-5-6-16(21(30)26-12-11-13(2)3)28(15-9-7-14(23)8-10-15)22(31)19-17(24)18(20(25)29)27-32-19/h7-10,13,16H,4-6,11-12,24H2,1-3H3,(H2,25,29)(H,26,30). The van der Waals surface area contributed by atoms with Gasteiger partial charge in [0.05, 0.1) is 5.69 Å². The molecule has 0 aliphatic heterocycles. The van der Waals surface area contributed by atoms with E-state index < -0.39 is 23.7 Å². The van der Waals surface area contributed by atoms with Gasteiger partial charge in [0.2, 0.25) is 5.91 Å². The Morgan fingerprint density at radius 1 is 1.19 bits per heavy atom. The van der Waals surface area contributed by atoms with E-state index in [1.165, 1.54) is 29.2 Å². The number of hydrogen-bond donors (Lipinski definition) is 3. The highest BCUT2D eigenvalue weighted by Crippen LogP contribution is 2.29. The van der Waals surface area contributed by atoms with Crippen molar-refractivity contribution in [1.29, 1.82) is 0 Å². The third kappa shape index (κ3) is 6.25. The Balaban J connectivity index is 2.48. The van der Waals surface area contributed by atoms with E-state index in [2.05, 4.69) is 23.5 Å². The van der Waals surface area contributed by atoms with Gasteiger partial charge in [-0.1, -0.05) is 33.6 Å². The lowest BCUT2D eigenvalue weighted by atomic mass is 10.0. The molecule has 5 N–H and O–H groups in total. The van der Waals surface area contributed by atoms with Crippen molar-refractivity contribution in [2.75, 3.05) is 17.2 Å². The molecule has 1 unspecified atom stereocenters. The fraction of sp³-hybridized carbons (Fsp3) is 0.455. The van der Waals surface area contributed by atoms with Crippen molar-refractivity contribution in [1.82, 2.24) is 9.69 Å². The van der Waals surface area contributed by atoms with Crippen LogP contribution in [0.2, 0.25) is 0 Å². The lowest BCUT2D eigenvalue weighted by molar-refractivity contribution is -0.122. The van der Waals surface area contributed by atoms with Gasteiger partial charge in [0.1, 0.15) is 16.7 Å². The molecule has 1 atom stereocenters. The van der Waals surface area contributed by atoms with Gasteiger partial charge in [-0.3, -0.25) is 19.3 Å². The zero-order chi connectivity index (χ0) is 23.8. The summed E-state index contributed by atoms with van der Waals surface area (Å²) in [5.74, 6) is -1.82. The lowest BCUT2D eigenvalue weighted by Gasteiger charge is -2.31. The predicted molar refractivity (Wildman–Crippen MR) is 124 cm³/mol. The average Bonchev–Trinajstić information content (AvgIpc) is 3.13. The number of nitrogens with zero attached hydrogens (tertiary/aromatic N) is 2. The number of halogens is 1. The van der Waals surface area contributed by atoms with Crippen molar-refractivity contribution < 1.29 is 18.8 Å². The second-order valence-electron chi connectivity index (χ2n) is 7.92. The van der Waals surface area contributed by atoms with Gasteiger partial charge >= 0.3 is 0 Å². The van der Waals surface area contributed by atoms with Crippen LogP contribution in [-0.2, 0) is 4.79 Å². The summed E-state index contributed by atoms with van der Waals surface area (Å²) in [6.45, 7) is 6.56. The number of amides is 3. The van der Waals surface area contributed by atoms with Crippen LogP contribution in [0.15, 0.2) is 24.3 Å². The zero-order valence-corrected chi connectivity index (χ0v) is 19.4. The van der Waals surface area contributed by atoms with E-state index in [1.54, 1.807) is 0 Å². The Hall–Kier alpha value is -3.01. The van der Waals surface area contributed by atoms with Crippen LogP contribution in [0.25, 0.3) is 0 Å². The number of nitrogens with one attached hydrogen (secondary N) is 1. The molecule has 1 aromatic carbocycles. The molecule has 0 aliphatic rings. The maximum atomic E-state index is 13.6. The smallest absolute Gasteiger partial charge is 0.272 e. The van der Waals surface area contributed by atoms with Crippen LogP contribution in [-0.4, -0.2) is 34.7 Å². The first-order valence-corrected chi connectivity index (χ1v) is 11.4. The van der Waals surface area contributed by atoms with Gasteiger partial charge in [0.25, 0.3) is 11.8 Å². The van der Waals surface area contributed by atoms with Gasteiger partial charge < -0.3 is 16.8 Å². The average molecular weight is 464 g/mol. The summed E-state index contributed by atoms with van der Waals surface area (Å²) >= 11 is 0.741. The van der Waals surface area contributed by atoms with Crippen molar-refractivity contribution in [3.63, 3.8) is 0 Å². The molecule has 0 saturated carbocycles. The highest BCUT2D eigenvalue weighted by molar-refractivity contribution is 7.09. The van der Waals surface area contributed by atoms with Crippen molar-refractivity contribution in [2.45, 2.75) is 52.5 Å². The van der Waals surface area contributed by atoms with Crippen molar-refractivity contribution in [2.24, 2.45) is 11.7 Å². The molecule has 0 aliphatic carbocycles. The first kappa shape index (κ1) is 25.3. The van der Waals surface area contributed by atoms with E-state index in [4.69, 9.17) is 11.5 Å². The largest absolute Gasteiger partial charge is 0.395 e. The summed E-state index contributed by atoms with van der Waals surface area (Å²) in [6, 6.07) is 4.44. The fourth-order valence-corrected chi connectivity index (χ4v) is 3.90. The van der Waals surface area contributed by atoms with Gasteiger partial charge in [0.15, 0.2) is 5.69 Å². The van der Waals surface area contributed by atoms with Gasteiger partial charge in [-0.15, -0.1) is 0 Å². The Kier molecular flexibility index (Phi) is 9.13. The maximum Gasteiger partial charge on any atom is 0.272 e. The second-order valence-corrected chi connectivity index (χ2v) is 8.69. The summed E-state index contributed by atoms with van der Waals surface area (Å²) in [5, 5.41) is 2.90. The molecule has 10 heteroatoms. The van der Waals surface area contributed by atoms with E-state index in [-0.39, 0.29) is 22.2 Å². The zero-order valence-electron chi connectivity index (χ0n) is 18.6. The number of aromatic nitrogens is 1. The van der Waals surface area contributed by atoms with E-state index >= 15 is 0 Å². The van der Waals surface area contributed by atoms with Crippen LogP contribution in [0.1, 0.15) is 66.6 Å². The molecule has 2 rings (SSSR count). The third-order valence-corrected chi connectivity index (χ3v) is 5.80. The third-order valence-electron chi connectivity index (χ3n) is 4.95. The van der Waals surface area contributed by atoms with Crippen molar-refractivity contribution in [3.05, 3.63) is 40.7 Å². The number of benzene rings is 1. The van der Waals surface area contributed by atoms with Crippen molar-refractivity contribution in [3.8, 4) is 0 Å². The van der Waals surface area contributed by atoms with Crippen LogP contribution in [0.4, 0.5) is 15.8 Å². The molecule has 0 fully saturated rings. The summed E-state index contributed by atoms with van der Waals surface area (Å²) in [6.07, 6.45) is 2.70. The van der Waals surface area contributed by atoms with E-state index in [0.717, 1.165) is 24.4 Å². The fourth-order valence-electron chi connectivity index (χ4n) is 3.16. The van der Waals surface area contributed by atoms with Gasteiger partial charge in [-0.05, 0) is 54.6 Å². The summed E-state index contributed by atoms with van der Waals surface area (Å²) < 4.78 is 17.5. The number of nitrogens with two attached hydrogens (primary N) is 2. The monoisotopic (exact) mass is 463 g/mol. The molecular formula is C22H30FN5O3S. The molecule has 0 saturated heterocycles. The minimum atomic E-state index is -0.849. The maximum absolute atomic E-state index is 13.6. The van der Waals surface area contributed by atoms with Crippen molar-refractivity contribution >= 4 is 40.6 Å². The first-order chi connectivity index (χ1) is 15.2. The van der Waals surface area contributed by atoms with Crippen LogP contribution in [0, 0.1) is 11.7 Å². The number of carbonyl (C=O) groups is 3. The number of rotatable bonds is 11. The number of nitrogen functional groups attached to an aromatic ring is 1. The minimum Gasteiger partial charge on any atom is -0.395 e. The molecule has 0 bridgehead atoms. The Morgan fingerprint density at radius 2 is 1.84 bits per heavy atom. The molecular weight excluding hydrogens is 433 g/mol. The summed E-state index contributed by atoms with van der Waals surface area (Å²) in [7, 11) is 0. The molecule has 1 aromatic heterocycles. The number of anilines is 2. The molecule has 3 amide bonds. The van der Waals surface area contributed by atoms with E-state index in [1.807, 2.05) is 6.92 Å². The normalized spacial score (nSPS) is 11.9. The molecule has 0 spiro atoms. The van der Waals surface area contributed by atoms with Crippen LogP contribution in [0.5, 0.6) is 0 Å². The number of unbranched alkanes of at least 4 members (excludes halogenated alkanes) is 1. The quantitative estimate of drug-likeness (QED) is 0.470. The minimum absolute atomic E-state index is 0.000367. The molecule has 1 heterocycles. The van der Waals surface area contributed by atoms with Crippen LogP contribution < -0.4 is 21.7 Å². The van der Waals surface area contributed by atoms with E-state index in [0.29, 0.717) is 31.0 Å². The topological polar surface area (TPSA) is 131 Å². The number of hydrogen-bond acceptors (Lipinski definition) is 6. The Bertz CT molecular complexity index is 946. The first-order valence-electron chi connectivity index (χ1n) is 10.6. The molecule has 8 nitrogen and oxygen atoms in total. The van der Waals surface area contributed by atoms with Gasteiger partial charge in [-0.25, -0.2) is 4.39 Å². The Morgan fingerprint density at radius 3 is 2.38 bits per heavy atom. The second kappa shape index (κ2) is 11.6. The van der Waals surface area contributed by atoms with Gasteiger partial charge in [0, 0.05) is 12.2 Å². The molecule has 32 heavy (non-hydrogen) atoms. The molecule has 2 aromatic rings. The number of primary amides is 1. The van der Waals surface area contributed by atoms with Crippen LogP contribution >= 0.6 is 11.5 Å². The highest BCUT2D eigenvalue weighted by Gasteiger charge is 2.34. The van der Waals surface area contributed by atoms with Gasteiger partial charge in [-0.2, -0.15) is 4.37 Å². The summed E-state index contributed by atoms with van der Waals surface area (Å²) in [5.41, 5.74) is 11.3. The number of carbonyl (C=O) groups excluding carboxylic acids is 3. The lowest BCUT2D eigenvalue weighted by Crippen LogP contribution is -2.50. The summed E-state index contributed by atoms with van der Waals surface area (Å²) in [4.78, 5) is 39.6. The van der Waals surface area contributed by atoms with Crippen LogP contribution in [0.3, 0.4) is 0 Å². The molecule has 174 valence electrons. The Labute approximate surface area is 191 Å². The highest BCUT2D eigenvalue weighted by atomic mass is 32.1.